The second-order valence-electron chi connectivity index (χ2n) is 5.80. The fraction of sp³-hybridized carbons (Fsp3) is 0.500. The van der Waals surface area contributed by atoms with Crippen LogP contribution in [0, 0.1) is 0 Å². The van der Waals surface area contributed by atoms with Crippen molar-refractivity contribution < 1.29 is 14.4 Å². The number of carbonyl (C=O) groups excluding carboxylic acids is 1. The predicted molar refractivity (Wildman–Crippen MR) is 93.2 cm³/mol. The molecule has 0 aromatic heterocycles. The summed E-state index contributed by atoms with van der Waals surface area (Å²) in [4.78, 5) is 15.8. The molecule has 0 unspecified atom stereocenters. The molecule has 1 aromatic carbocycles. The lowest BCUT2D eigenvalue weighted by Gasteiger charge is -2.36. The number of carbonyl (C=O) groups is 1. The van der Waals surface area contributed by atoms with Gasteiger partial charge in [0.15, 0.2) is 6.04 Å². The number of hydrogen-bond acceptors (Lipinski definition) is 3. The molecule has 2 rings (SSSR count). The number of quaternary nitrogens is 1. The molecule has 1 aliphatic heterocycles. The van der Waals surface area contributed by atoms with E-state index in [-0.39, 0.29) is 11.9 Å². The summed E-state index contributed by atoms with van der Waals surface area (Å²) in [7, 11) is 0. The molecule has 0 aliphatic carbocycles. The molecule has 5 nitrogen and oxygen atoms in total. The molecule has 126 valence electrons. The second kappa shape index (κ2) is 8.58. The summed E-state index contributed by atoms with van der Waals surface area (Å²) in [6, 6.07) is 8.14. The maximum absolute atomic E-state index is 12.1. The van der Waals surface area contributed by atoms with Crippen molar-refractivity contribution in [1.82, 2.24) is 5.32 Å². The fourth-order valence-electron chi connectivity index (χ4n) is 2.98. The molecular weight excluding hydrogens is 290 g/mol. The number of nitrogens with zero attached hydrogens (tertiary/aromatic N) is 1. The van der Waals surface area contributed by atoms with Gasteiger partial charge in [-0.3, -0.25) is 4.79 Å². The molecule has 1 atom stereocenters. The van der Waals surface area contributed by atoms with Crippen LogP contribution in [0.2, 0.25) is 0 Å². The Labute approximate surface area is 138 Å². The Kier molecular flexibility index (Phi) is 6.47. The average molecular weight is 318 g/mol. The first-order valence-electron chi connectivity index (χ1n) is 8.37. The zero-order valence-electron chi connectivity index (χ0n) is 14.2. The Morgan fingerprint density at radius 3 is 2.78 bits per heavy atom. The molecule has 1 aromatic rings. The molecule has 5 heteroatoms. The van der Waals surface area contributed by atoms with Crippen LogP contribution in [0.5, 0.6) is 5.75 Å². The maximum atomic E-state index is 12.1. The van der Waals surface area contributed by atoms with E-state index in [0.29, 0.717) is 13.2 Å². The van der Waals surface area contributed by atoms with Gasteiger partial charge in [-0.1, -0.05) is 18.2 Å². The summed E-state index contributed by atoms with van der Waals surface area (Å²) in [5.41, 5.74) is 1.15. The molecule has 1 aliphatic rings. The SMILES string of the molecule is C=CCNC(=O)[C@H](C)[NH+]1CCN(c2ccccc2OCC)CC1. The van der Waals surface area contributed by atoms with E-state index in [2.05, 4.69) is 22.9 Å². The van der Waals surface area contributed by atoms with Gasteiger partial charge in [-0.05, 0) is 26.0 Å². The van der Waals surface area contributed by atoms with Crippen LogP contribution in [0.1, 0.15) is 13.8 Å². The molecule has 23 heavy (non-hydrogen) atoms. The van der Waals surface area contributed by atoms with Gasteiger partial charge >= 0.3 is 0 Å². The molecule has 1 amide bonds. The Balaban J connectivity index is 1.93. The third-order valence-electron chi connectivity index (χ3n) is 4.34. The van der Waals surface area contributed by atoms with E-state index in [4.69, 9.17) is 4.74 Å². The summed E-state index contributed by atoms with van der Waals surface area (Å²) in [5.74, 6) is 1.04. The molecular formula is C18H28N3O2+. The quantitative estimate of drug-likeness (QED) is 0.719. The van der Waals surface area contributed by atoms with Crippen molar-refractivity contribution in [1.29, 1.82) is 0 Å². The van der Waals surface area contributed by atoms with Crippen molar-refractivity contribution in [2.75, 3.05) is 44.2 Å². The number of hydrogen-bond donors (Lipinski definition) is 2. The Morgan fingerprint density at radius 2 is 2.13 bits per heavy atom. The summed E-state index contributed by atoms with van der Waals surface area (Å²) in [5, 5.41) is 2.89. The Bertz CT molecular complexity index is 525. The molecule has 1 heterocycles. The lowest BCUT2D eigenvalue weighted by Crippen LogP contribution is -3.19. The minimum atomic E-state index is -0.0285. The number of ether oxygens (including phenoxy) is 1. The van der Waals surface area contributed by atoms with Gasteiger partial charge in [-0.2, -0.15) is 0 Å². The number of nitrogens with one attached hydrogen (secondary N) is 2. The zero-order chi connectivity index (χ0) is 16.7. The van der Waals surface area contributed by atoms with Crippen LogP contribution in [0.25, 0.3) is 0 Å². The number of anilines is 1. The van der Waals surface area contributed by atoms with Gasteiger partial charge < -0.3 is 19.9 Å². The van der Waals surface area contributed by atoms with Gasteiger partial charge in [0.25, 0.3) is 5.91 Å². The van der Waals surface area contributed by atoms with E-state index in [1.165, 1.54) is 4.90 Å². The van der Waals surface area contributed by atoms with Crippen LogP contribution in [0.15, 0.2) is 36.9 Å². The molecule has 1 saturated heterocycles. The average Bonchev–Trinajstić information content (AvgIpc) is 2.60. The van der Waals surface area contributed by atoms with Crippen molar-refractivity contribution in [3.05, 3.63) is 36.9 Å². The maximum Gasteiger partial charge on any atom is 0.278 e. The van der Waals surface area contributed by atoms with Crippen LogP contribution in [-0.4, -0.2) is 51.3 Å². The van der Waals surface area contributed by atoms with Gasteiger partial charge in [0.1, 0.15) is 5.75 Å². The molecule has 0 spiro atoms. The molecule has 0 saturated carbocycles. The highest BCUT2D eigenvalue weighted by Gasteiger charge is 2.29. The molecule has 0 bridgehead atoms. The van der Waals surface area contributed by atoms with Gasteiger partial charge in [0.05, 0.1) is 38.5 Å². The summed E-state index contributed by atoms with van der Waals surface area (Å²) in [6.07, 6.45) is 1.71. The van der Waals surface area contributed by atoms with E-state index >= 15 is 0 Å². The Morgan fingerprint density at radius 1 is 1.43 bits per heavy atom. The molecule has 0 radical (unpaired) electrons. The predicted octanol–water partition coefficient (Wildman–Crippen LogP) is 0.481. The number of benzene rings is 1. The van der Waals surface area contributed by atoms with Crippen molar-refractivity contribution >= 4 is 11.6 Å². The largest absolute Gasteiger partial charge is 0.492 e. The minimum Gasteiger partial charge on any atom is -0.492 e. The van der Waals surface area contributed by atoms with Gasteiger partial charge in [-0.15, -0.1) is 6.58 Å². The van der Waals surface area contributed by atoms with Gasteiger partial charge in [0, 0.05) is 6.54 Å². The molecule has 2 N–H and O–H groups in total. The highest BCUT2D eigenvalue weighted by molar-refractivity contribution is 5.80. The van der Waals surface area contributed by atoms with Crippen molar-refractivity contribution in [3.8, 4) is 5.75 Å². The van der Waals surface area contributed by atoms with Crippen molar-refractivity contribution in [2.24, 2.45) is 0 Å². The third kappa shape index (κ3) is 4.48. The van der Waals surface area contributed by atoms with Crippen LogP contribution in [0.4, 0.5) is 5.69 Å². The van der Waals surface area contributed by atoms with E-state index in [1.54, 1.807) is 6.08 Å². The number of piperazine rings is 1. The number of para-hydroxylation sites is 2. The van der Waals surface area contributed by atoms with Crippen molar-refractivity contribution in [3.63, 3.8) is 0 Å². The zero-order valence-corrected chi connectivity index (χ0v) is 14.2. The molecule has 1 fully saturated rings. The van der Waals surface area contributed by atoms with Crippen LogP contribution < -0.4 is 19.9 Å². The van der Waals surface area contributed by atoms with E-state index < -0.39 is 0 Å². The highest BCUT2D eigenvalue weighted by atomic mass is 16.5. The topological polar surface area (TPSA) is 46.0 Å². The first kappa shape index (κ1) is 17.3. The second-order valence-corrected chi connectivity index (χ2v) is 5.80. The van der Waals surface area contributed by atoms with Crippen LogP contribution in [0.3, 0.4) is 0 Å². The number of rotatable bonds is 7. The van der Waals surface area contributed by atoms with Gasteiger partial charge in [-0.25, -0.2) is 0 Å². The minimum absolute atomic E-state index is 0.0285. The van der Waals surface area contributed by atoms with E-state index in [9.17, 15) is 4.79 Å². The lowest BCUT2D eigenvalue weighted by molar-refractivity contribution is -0.914. The van der Waals surface area contributed by atoms with Crippen molar-refractivity contribution in [2.45, 2.75) is 19.9 Å². The number of amides is 1. The van der Waals surface area contributed by atoms with Gasteiger partial charge in [0.2, 0.25) is 0 Å². The standard InChI is InChI=1S/C18H27N3O2/c1-4-10-19-18(22)15(3)20-11-13-21(14-12-20)16-8-6-7-9-17(16)23-5-2/h4,6-9,15H,1,5,10-14H2,2-3H3,(H,19,22)/p+1/t15-/m0/s1. The normalized spacial score (nSPS) is 16.7. The van der Waals surface area contributed by atoms with Crippen LogP contribution >= 0.6 is 0 Å². The van der Waals surface area contributed by atoms with Crippen LogP contribution in [-0.2, 0) is 4.79 Å². The van der Waals surface area contributed by atoms with E-state index in [1.807, 2.05) is 32.0 Å². The Hall–Kier alpha value is -2.01. The summed E-state index contributed by atoms with van der Waals surface area (Å²) < 4.78 is 5.73. The third-order valence-corrected chi connectivity index (χ3v) is 4.34. The smallest absolute Gasteiger partial charge is 0.278 e. The monoisotopic (exact) mass is 318 g/mol. The summed E-state index contributed by atoms with van der Waals surface area (Å²) in [6.45, 7) is 12.6. The fourth-order valence-corrected chi connectivity index (χ4v) is 2.98. The summed E-state index contributed by atoms with van der Waals surface area (Å²) >= 11 is 0. The lowest BCUT2D eigenvalue weighted by atomic mass is 10.2. The highest BCUT2D eigenvalue weighted by Crippen LogP contribution is 2.27. The first-order chi connectivity index (χ1) is 11.2. The first-order valence-corrected chi connectivity index (χ1v) is 8.37. The van der Waals surface area contributed by atoms with E-state index in [0.717, 1.165) is 37.6 Å².